The van der Waals surface area contributed by atoms with Crippen molar-refractivity contribution in [2.45, 2.75) is 12.6 Å². The molecule has 1 atom stereocenters. The molecule has 6 heteroatoms. The molecule has 19 heavy (non-hydrogen) atoms. The number of rotatable bonds is 4. The molecule has 3 N–H and O–H groups in total. The van der Waals surface area contributed by atoms with Crippen LogP contribution in [0.4, 0.5) is 0 Å². The fourth-order valence-corrected chi connectivity index (χ4v) is 1.92. The van der Waals surface area contributed by atoms with Crippen LogP contribution in [-0.4, -0.2) is 15.7 Å². The maximum absolute atomic E-state index is 11.9. The van der Waals surface area contributed by atoms with Crippen LogP contribution in [0.15, 0.2) is 41.1 Å². The van der Waals surface area contributed by atoms with Crippen LogP contribution in [0.5, 0.6) is 0 Å². The smallest absolute Gasteiger partial charge is 0.241 e. The predicted octanol–water partition coefficient (Wildman–Crippen LogP) is 1.50. The Morgan fingerprint density at radius 1 is 1.47 bits per heavy atom. The third-order valence-corrected chi connectivity index (χ3v) is 3.28. The second-order valence-electron chi connectivity index (χ2n) is 4.27. The van der Waals surface area contributed by atoms with Crippen LogP contribution in [-0.2, 0) is 18.4 Å². The quantitative estimate of drug-likeness (QED) is 0.895. The lowest BCUT2D eigenvalue weighted by Crippen LogP contribution is -2.33. The van der Waals surface area contributed by atoms with Gasteiger partial charge in [-0.25, -0.2) is 0 Å². The van der Waals surface area contributed by atoms with E-state index in [1.807, 2.05) is 24.3 Å². The molecule has 1 unspecified atom stereocenters. The Balaban J connectivity index is 1.92. The summed E-state index contributed by atoms with van der Waals surface area (Å²) in [4.78, 5) is 11.9. The summed E-state index contributed by atoms with van der Waals surface area (Å²) in [6.07, 6.45) is 3.34. The Bertz CT molecular complexity index is 564. The summed E-state index contributed by atoms with van der Waals surface area (Å²) in [6.45, 7) is 0.458. The molecule has 100 valence electrons. The van der Waals surface area contributed by atoms with E-state index < -0.39 is 6.04 Å². The van der Waals surface area contributed by atoms with Gasteiger partial charge in [0.15, 0.2) is 0 Å². The standard InChI is InChI=1S/C13H15BrN4O/c1-18-8-10(7-17-18)12(15)13(19)16-6-9-2-4-11(14)5-3-9/h2-5,7-8,12H,6,15H2,1H3,(H,16,19). The average Bonchev–Trinajstić information content (AvgIpc) is 2.83. The predicted molar refractivity (Wildman–Crippen MR) is 76.1 cm³/mol. The van der Waals surface area contributed by atoms with Crippen molar-refractivity contribution in [3.8, 4) is 0 Å². The maximum atomic E-state index is 11.9. The highest BCUT2D eigenvalue weighted by Crippen LogP contribution is 2.11. The van der Waals surface area contributed by atoms with Crippen molar-refractivity contribution in [3.63, 3.8) is 0 Å². The van der Waals surface area contributed by atoms with Crippen LogP contribution >= 0.6 is 15.9 Å². The molecule has 0 aliphatic rings. The molecular weight excluding hydrogens is 308 g/mol. The molecule has 0 spiro atoms. The van der Waals surface area contributed by atoms with Gasteiger partial charge in [0.05, 0.1) is 6.20 Å². The van der Waals surface area contributed by atoms with E-state index in [2.05, 4.69) is 26.3 Å². The number of benzene rings is 1. The monoisotopic (exact) mass is 322 g/mol. The number of hydrogen-bond acceptors (Lipinski definition) is 3. The minimum absolute atomic E-state index is 0.212. The van der Waals surface area contributed by atoms with Crippen molar-refractivity contribution in [2.24, 2.45) is 12.8 Å². The molecule has 1 heterocycles. The second-order valence-corrected chi connectivity index (χ2v) is 5.18. The van der Waals surface area contributed by atoms with Gasteiger partial charge in [0.25, 0.3) is 0 Å². The molecule has 0 bridgehead atoms. The molecule has 1 aromatic carbocycles. The Morgan fingerprint density at radius 3 is 2.74 bits per heavy atom. The number of aromatic nitrogens is 2. The van der Waals surface area contributed by atoms with E-state index in [4.69, 9.17) is 5.73 Å². The number of nitrogens with zero attached hydrogens (tertiary/aromatic N) is 2. The van der Waals surface area contributed by atoms with Crippen molar-refractivity contribution in [1.29, 1.82) is 0 Å². The summed E-state index contributed by atoms with van der Waals surface area (Å²) in [7, 11) is 1.79. The fourth-order valence-electron chi connectivity index (χ4n) is 1.65. The first kappa shape index (κ1) is 13.8. The summed E-state index contributed by atoms with van der Waals surface area (Å²) in [5, 5.41) is 6.81. The molecule has 0 saturated carbocycles. The third kappa shape index (κ3) is 3.65. The summed E-state index contributed by atoms with van der Waals surface area (Å²) < 4.78 is 2.63. The number of amides is 1. The van der Waals surface area contributed by atoms with Crippen LogP contribution < -0.4 is 11.1 Å². The molecule has 0 radical (unpaired) electrons. The zero-order valence-electron chi connectivity index (χ0n) is 10.5. The van der Waals surface area contributed by atoms with Gasteiger partial charge >= 0.3 is 0 Å². The van der Waals surface area contributed by atoms with Gasteiger partial charge in [0, 0.05) is 29.8 Å². The minimum atomic E-state index is -0.691. The van der Waals surface area contributed by atoms with Crippen molar-refractivity contribution in [1.82, 2.24) is 15.1 Å². The van der Waals surface area contributed by atoms with Gasteiger partial charge in [-0.05, 0) is 17.7 Å². The number of nitrogens with two attached hydrogens (primary N) is 1. The zero-order valence-corrected chi connectivity index (χ0v) is 12.1. The van der Waals surface area contributed by atoms with Crippen molar-refractivity contribution < 1.29 is 4.79 Å². The zero-order chi connectivity index (χ0) is 13.8. The fraction of sp³-hybridized carbons (Fsp3) is 0.231. The summed E-state index contributed by atoms with van der Waals surface area (Å²) in [5.41, 5.74) is 7.59. The van der Waals surface area contributed by atoms with E-state index in [1.165, 1.54) is 0 Å². The Hall–Kier alpha value is -1.66. The Morgan fingerprint density at radius 2 is 2.16 bits per heavy atom. The van der Waals surface area contributed by atoms with Crippen molar-refractivity contribution in [3.05, 3.63) is 52.3 Å². The topological polar surface area (TPSA) is 72.9 Å². The van der Waals surface area contributed by atoms with E-state index in [0.29, 0.717) is 12.1 Å². The highest BCUT2D eigenvalue weighted by molar-refractivity contribution is 9.10. The van der Waals surface area contributed by atoms with Crippen LogP contribution in [0.25, 0.3) is 0 Å². The second kappa shape index (κ2) is 5.99. The molecule has 0 fully saturated rings. The van der Waals surface area contributed by atoms with Crippen LogP contribution in [0, 0.1) is 0 Å². The molecular formula is C13H15BrN4O. The van der Waals surface area contributed by atoms with Crippen molar-refractivity contribution >= 4 is 21.8 Å². The molecule has 0 aliphatic heterocycles. The van der Waals surface area contributed by atoms with Gasteiger partial charge in [0.2, 0.25) is 5.91 Å². The van der Waals surface area contributed by atoms with Gasteiger partial charge in [-0.2, -0.15) is 5.10 Å². The first-order valence-electron chi connectivity index (χ1n) is 5.82. The highest BCUT2D eigenvalue weighted by atomic mass is 79.9. The lowest BCUT2D eigenvalue weighted by Gasteiger charge is -2.10. The third-order valence-electron chi connectivity index (χ3n) is 2.75. The lowest BCUT2D eigenvalue weighted by molar-refractivity contribution is -0.122. The summed E-state index contributed by atoms with van der Waals surface area (Å²) in [6, 6.07) is 7.06. The molecule has 2 aromatic rings. The summed E-state index contributed by atoms with van der Waals surface area (Å²) >= 11 is 3.36. The van der Waals surface area contributed by atoms with Crippen LogP contribution in [0.3, 0.4) is 0 Å². The maximum Gasteiger partial charge on any atom is 0.241 e. The first-order chi connectivity index (χ1) is 9.06. The van der Waals surface area contributed by atoms with E-state index in [9.17, 15) is 4.79 Å². The number of carbonyl (C=O) groups excluding carboxylic acids is 1. The molecule has 2 rings (SSSR count). The lowest BCUT2D eigenvalue weighted by atomic mass is 10.1. The minimum Gasteiger partial charge on any atom is -0.350 e. The van der Waals surface area contributed by atoms with E-state index in [1.54, 1.807) is 24.1 Å². The number of halogens is 1. The SMILES string of the molecule is Cn1cc(C(N)C(=O)NCc2ccc(Br)cc2)cn1. The molecule has 5 nitrogen and oxygen atoms in total. The van der Waals surface area contributed by atoms with Gasteiger partial charge < -0.3 is 11.1 Å². The van der Waals surface area contributed by atoms with Gasteiger partial charge in [-0.1, -0.05) is 28.1 Å². The normalized spacial score (nSPS) is 12.2. The molecule has 1 aromatic heterocycles. The number of hydrogen-bond donors (Lipinski definition) is 2. The van der Waals surface area contributed by atoms with Gasteiger partial charge in [-0.15, -0.1) is 0 Å². The van der Waals surface area contributed by atoms with E-state index in [0.717, 1.165) is 10.0 Å². The average molecular weight is 323 g/mol. The van der Waals surface area contributed by atoms with Gasteiger partial charge in [0.1, 0.15) is 6.04 Å². The molecule has 0 aliphatic carbocycles. The van der Waals surface area contributed by atoms with Crippen LogP contribution in [0.1, 0.15) is 17.2 Å². The molecule has 1 amide bonds. The van der Waals surface area contributed by atoms with E-state index in [-0.39, 0.29) is 5.91 Å². The number of aryl methyl sites for hydroxylation is 1. The largest absolute Gasteiger partial charge is 0.350 e. The summed E-state index contributed by atoms with van der Waals surface area (Å²) in [5.74, 6) is -0.212. The molecule has 0 saturated heterocycles. The highest BCUT2D eigenvalue weighted by Gasteiger charge is 2.16. The van der Waals surface area contributed by atoms with Gasteiger partial charge in [-0.3, -0.25) is 9.48 Å². The first-order valence-corrected chi connectivity index (χ1v) is 6.62. The number of carbonyl (C=O) groups is 1. The Kier molecular flexibility index (Phi) is 4.34. The Labute approximate surface area is 119 Å². The van der Waals surface area contributed by atoms with Crippen LogP contribution in [0.2, 0.25) is 0 Å². The number of nitrogens with one attached hydrogen (secondary N) is 1. The van der Waals surface area contributed by atoms with E-state index >= 15 is 0 Å². The van der Waals surface area contributed by atoms with Crippen molar-refractivity contribution in [2.75, 3.05) is 0 Å².